The summed E-state index contributed by atoms with van der Waals surface area (Å²) < 4.78 is 36.5. The Morgan fingerprint density at radius 3 is 2.27 bits per heavy atom. The number of halogens is 4. The predicted molar refractivity (Wildman–Crippen MR) is 55.9 cm³/mol. The number of carbonyl (C=O) groups is 1. The lowest BCUT2D eigenvalue weighted by Gasteiger charge is -2.25. The number of nitrogens with zero attached hydrogens (tertiary/aromatic N) is 1. The predicted octanol–water partition coefficient (Wildman–Crippen LogP) is 2.82. The molecule has 2 nitrogen and oxygen atoms in total. The molecule has 90 valence electrons. The van der Waals surface area contributed by atoms with Gasteiger partial charge in [-0.25, -0.2) is 0 Å². The molecule has 0 unspecified atom stereocenters. The molecule has 0 saturated heterocycles. The van der Waals surface area contributed by atoms with Gasteiger partial charge < -0.3 is 4.90 Å². The molecule has 0 aromatic heterocycles. The van der Waals surface area contributed by atoms with Crippen LogP contribution in [0.2, 0.25) is 0 Å². The minimum absolute atomic E-state index is 0.0339. The van der Waals surface area contributed by atoms with Crippen molar-refractivity contribution in [2.45, 2.75) is 26.4 Å². The van der Waals surface area contributed by atoms with Crippen molar-refractivity contribution in [3.05, 3.63) is 0 Å². The Morgan fingerprint density at radius 1 is 1.40 bits per heavy atom. The van der Waals surface area contributed by atoms with E-state index in [1.165, 1.54) is 0 Å². The van der Waals surface area contributed by atoms with Gasteiger partial charge in [-0.05, 0) is 5.92 Å². The fourth-order valence-electron chi connectivity index (χ4n) is 1.15. The maximum Gasteiger partial charge on any atom is 0.406 e. The highest BCUT2D eigenvalue weighted by Gasteiger charge is 2.32. The van der Waals surface area contributed by atoms with Gasteiger partial charge in [0.1, 0.15) is 6.54 Å². The molecule has 0 aromatic carbocycles. The topological polar surface area (TPSA) is 20.3 Å². The van der Waals surface area contributed by atoms with Crippen molar-refractivity contribution in [3.63, 3.8) is 0 Å². The van der Waals surface area contributed by atoms with Gasteiger partial charge in [0.2, 0.25) is 5.91 Å². The number of carbonyl (C=O) groups excluding carboxylic acids is 1. The largest absolute Gasteiger partial charge is 0.406 e. The molecular formula is C9H15BrF3NO. The lowest BCUT2D eigenvalue weighted by Crippen LogP contribution is -2.41. The van der Waals surface area contributed by atoms with Crippen molar-refractivity contribution < 1.29 is 18.0 Å². The van der Waals surface area contributed by atoms with E-state index < -0.39 is 18.6 Å². The number of amides is 1. The van der Waals surface area contributed by atoms with E-state index in [-0.39, 0.29) is 18.9 Å². The van der Waals surface area contributed by atoms with Crippen LogP contribution in [-0.4, -0.2) is 35.4 Å². The minimum Gasteiger partial charge on any atom is -0.333 e. The van der Waals surface area contributed by atoms with Gasteiger partial charge in [-0.1, -0.05) is 29.8 Å². The third kappa shape index (κ3) is 7.64. The van der Waals surface area contributed by atoms with Gasteiger partial charge in [0, 0.05) is 18.3 Å². The van der Waals surface area contributed by atoms with Crippen LogP contribution in [0.3, 0.4) is 0 Å². The highest BCUT2D eigenvalue weighted by molar-refractivity contribution is 9.09. The summed E-state index contributed by atoms with van der Waals surface area (Å²) in [4.78, 5) is 12.2. The van der Waals surface area contributed by atoms with Gasteiger partial charge in [-0.2, -0.15) is 13.2 Å². The van der Waals surface area contributed by atoms with E-state index in [0.29, 0.717) is 5.33 Å². The smallest absolute Gasteiger partial charge is 0.333 e. The van der Waals surface area contributed by atoms with Crippen LogP contribution in [0.5, 0.6) is 0 Å². The summed E-state index contributed by atoms with van der Waals surface area (Å²) in [5.74, 6) is -0.426. The Labute approximate surface area is 95.9 Å². The summed E-state index contributed by atoms with van der Waals surface area (Å²) in [5.41, 5.74) is 0. The highest BCUT2D eigenvalue weighted by Crippen LogP contribution is 2.18. The fourth-order valence-corrected chi connectivity index (χ4v) is 1.49. The summed E-state index contributed by atoms with van der Waals surface area (Å²) in [6, 6.07) is 0. The summed E-state index contributed by atoms with van der Waals surface area (Å²) >= 11 is 3.04. The van der Waals surface area contributed by atoms with Crippen LogP contribution in [-0.2, 0) is 4.79 Å². The van der Waals surface area contributed by atoms with Crippen LogP contribution in [0.4, 0.5) is 13.2 Å². The Bertz CT molecular complexity index is 206. The number of rotatable bonds is 5. The van der Waals surface area contributed by atoms with Crippen molar-refractivity contribution in [2.75, 3.05) is 18.4 Å². The highest BCUT2D eigenvalue weighted by atomic mass is 79.9. The molecule has 6 heteroatoms. The SMILES string of the molecule is CC(C)CN(CC(F)(F)F)C(=O)CCBr. The first-order valence-corrected chi connectivity index (χ1v) is 5.79. The molecule has 0 aliphatic heterocycles. The van der Waals surface area contributed by atoms with E-state index >= 15 is 0 Å². The first-order chi connectivity index (χ1) is 6.76. The van der Waals surface area contributed by atoms with Crippen LogP contribution < -0.4 is 0 Å². The van der Waals surface area contributed by atoms with E-state index in [1.807, 2.05) is 0 Å². The summed E-state index contributed by atoms with van der Waals surface area (Å²) in [7, 11) is 0. The van der Waals surface area contributed by atoms with E-state index in [1.54, 1.807) is 13.8 Å². The maximum atomic E-state index is 12.2. The zero-order chi connectivity index (χ0) is 12.1. The second kappa shape index (κ2) is 6.35. The van der Waals surface area contributed by atoms with Crippen molar-refractivity contribution >= 4 is 21.8 Å². The van der Waals surface area contributed by atoms with Crippen LogP contribution in [0.15, 0.2) is 0 Å². The van der Waals surface area contributed by atoms with Gasteiger partial charge in [0.05, 0.1) is 0 Å². The summed E-state index contributed by atoms with van der Waals surface area (Å²) in [5, 5.41) is 0.387. The normalized spacial score (nSPS) is 11.9. The fraction of sp³-hybridized carbons (Fsp3) is 0.889. The molecule has 0 saturated carbocycles. The molecular weight excluding hydrogens is 275 g/mol. The molecule has 15 heavy (non-hydrogen) atoms. The van der Waals surface area contributed by atoms with E-state index in [9.17, 15) is 18.0 Å². The van der Waals surface area contributed by atoms with Crippen LogP contribution in [0.25, 0.3) is 0 Å². The Hall–Kier alpha value is -0.260. The number of hydrogen-bond acceptors (Lipinski definition) is 1. The monoisotopic (exact) mass is 289 g/mol. The second-order valence-electron chi connectivity index (χ2n) is 3.72. The number of hydrogen-bond donors (Lipinski definition) is 0. The van der Waals surface area contributed by atoms with Crippen molar-refractivity contribution in [2.24, 2.45) is 5.92 Å². The molecule has 0 aromatic rings. The van der Waals surface area contributed by atoms with Gasteiger partial charge in [0.15, 0.2) is 0 Å². The summed E-state index contributed by atoms with van der Waals surface area (Å²) in [6.07, 6.45) is -4.22. The third-order valence-electron chi connectivity index (χ3n) is 1.62. The average molecular weight is 290 g/mol. The zero-order valence-corrected chi connectivity index (χ0v) is 10.4. The van der Waals surface area contributed by atoms with Gasteiger partial charge >= 0.3 is 6.18 Å². The third-order valence-corrected chi connectivity index (χ3v) is 2.01. The molecule has 1 amide bonds. The quantitative estimate of drug-likeness (QED) is 0.713. The molecule has 0 radical (unpaired) electrons. The maximum absolute atomic E-state index is 12.2. The summed E-state index contributed by atoms with van der Waals surface area (Å²) in [6.45, 7) is 2.55. The zero-order valence-electron chi connectivity index (χ0n) is 8.77. The molecule has 0 fully saturated rings. The molecule has 0 heterocycles. The Balaban J connectivity index is 4.37. The van der Waals surface area contributed by atoms with Gasteiger partial charge in [-0.15, -0.1) is 0 Å². The van der Waals surface area contributed by atoms with Crippen LogP contribution >= 0.6 is 15.9 Å². The van der Waals surface area contributed by atoms with E-state index in [4.69, 9.17) is 0 Å². The molecule has 0 atom stereocenters. The van der Waals surface area contributed by atoms with Gasteiger partial charge in [-0.3, -0.25) is 4.79 Å². The Kier molecular flexibility index (Phi) is 6.24. The Morgan fingerprint density at radius 2 is 1.93 bits per heavy atom. The number of alkyl halides is 4. The lowest BCUT2D eigenvalue weighted by molar-refractivity contribution is -0.161. The van der Waals surface area contributed by atoms with Crippen molar-refractivity contribution in [1.82, 2.24) is 4.90 Å². The molecule has 0 aliphatic carbocycles. The van der Waals surface area contributed by atoms with Gasteiger partial charge in [0.25, 0.3) is 0 Å². The lowest BCUT2D eigenvalue weighted by atomic mass is 10.2. The second-order valence-corrected chi connectivity index (χ2v) is 4.52. The van der Waals surface area contributed by atoms with E-state index in [0.717, 1.165) is 4.90 Å². The first-order valence-electron chi connectivity index (χ1n) is 4.66. The molecule has 0 aliphatic rings. The first kappa shape index (κ1) is 14.7. The van der Waals surface area contributed by atoms with Crippen LogP contribution in [0, 0.1) is 5.92 Å². The van der Waals surface area contributed by atoms with E-state index in [2.05, 4.69) is 15.9 Å². The molecule has 0 bridgehead atoms. The molecule has 0 rings (SSSR count). The van der Waals surface area contributed by atoms with Crippen molar-refractivity contribution in [1.29, 1.82) is 0 Å². The van der Waals surface area contributed by atoms with Crippen molar-refractivity contribution in [3.8, 4) is 0 Å². The standard InChI is InChI=1S/C9H15BrF3NO/c1-7(2)5-14(6-9(11,12)13)8(15)3-4-10/h7H,3-6H2,1-2H3. The minimum atomic E-state index is -4.32. The molecule has 0 spiro atoms. The average Bonchev–Trinajstić information content (AvgIpc) is 1.99. The van der Waals surface area contributed by atoms with Crippen LogP contribution in [0.1, 0.15) is 20.3 Å². The molecule has 0 N–H and O–H groups in total.